The van der Waals surface area contributed by atoms with Gasteiger partial charge in [0.2, 0.25) is 0 Å². The second-order valence-corrected chi connectivity index (χ2v) is 4.98. The summed E-state index contributed by atoms with van der Waals surface area (Å²) >= 11 is 5.91. The molecule has 0 amide bonds. The van der Waals surface area contributed by atoms with Crippen molar-refractivity contribution < 1.29 is 9.50 Å². The molecule has 2 rings (SSSR count). The number of aliphatic hydroxyl groups excluding tert-OH is 1. The molecule has 0 heterocycles. The first-order valence-electron chi connectivity index (χ1n) is 5.80. The fourth-order valence-electron chi connectivity index (χ4n) is 2.46. The number of rotatable bonds is 3. The van der Waals surface area contributed by atoms with Crippen LogP contribution in [-0.2, 0) is 0 Å². The summed E-state index contributed by atoms with van der Waals surface area (Å²) in [5, 5.41) is 10.4. The van der Waals surface area contributed by atoms with E-state index in [1.807, 2.05) is 0 Å². The molecular formula is C13H16ClFO. The van der Waals surface area contributed by atoms with Crippen molar-refractivity contribution in [1.29, 1.82) is 0 Å². The van der Waals surface area contributed by atoms with Gasteiger partial charge in [-0.3, -0.25) is 0 Å². The van der Waals surface area contributed by atoms with Gasteiger partial charge in [0, 0.05) is 5.02 Å². The summed E-state index contributed by atoms with van der Waals surface area (Å²) in [4.78, 5) is 0. The van der Waals surface area contributed by atoms with E-state index in [0.29, 0.717) is 16.5 Å². The molecule has 1 unspecified atom stereocenters. The number of hydrogen-bond donors (Lipinski definition) is 1. The van der Waals surface area contributed by atoms with E-state index in [2.05, 4.69) is 0 Å². The summed E-state index contributed by atoms with van der Waals surface area (Å²) in [6.45, 7) is 0. The van der Waals surface area contributed by atoms with E-state index in [4.69, 9.17) is 11.6 Å². The van der Waals surface area contributed by atoms with Gasteiger partial charge in [-0.2, -0.15) is 0 Å². The van der Waals surface area contributed by atoms with E-state index in [-0.39, 0.29) is 5.82 Å². The van der Waals surface area contributed by atoms with Crippen LogP contribution in [0, 0.1) is 11.7 Å². The topological polar surface area (TPSA) is 20.2 Å². The lowest BCUT2D eigenvalue weighted by molar-refractivity contribution is 0.145. The van der Waals surface area contributed by atoms with Gasteiger partial charge in [0.25, 0.3) is 0 Å². The number of hydrogen-bond acceptors (Lipinski definition) is 1. The third-order valence-corrected chi connectivity index (χ3v) is 3.68. The highest BCUT2D eigenvalue weighted by Gasteiger charge is 2.21. The molecule has 3 heteroatoms. The highest BCUT2D eigenvalue weighted by molar-refractivity contribution is 6.31. The quantitative estimate of drug-likeness (QED) is 0.846. The van der Waals surface area contributed by atoms with Crippen molar-refractivity contribution in [2.45, 2.75) is 38.2 Å². The summed E-state index contributed by atoms with van der Waals surface area (Å²) < 4.78 is 12.8. The van der Waals surface area contributed by atoms with Crippen LogP contribution in [0.25, 0.3) is 0 Å². The van der Waals surface area contributed by atoms with Gasteiger partial charge in [0.15, 0.2) is 0 Å². The normalized spacial score (nSPS) is 18.9. The van der Waals surface area contributed by atoms with Crippen molar-refractivity contribution >= 4 is 11.6 Å². The first-order valence-corrected chi connectivity index (χ1v) is 6.17. The van der Waals surface area contributed by atoms with Crippen molar-refractivity contribution in [1.82, 2.24) is 0 Å². The van der Waals surface area contributed by atoms with Gasteiger partial charge in [0.05, 0.1) is 6.10 Å². The molecule has 0 saturated heterocycles. The Hall–Kier alpha value is -0.600. The maximum atomic E-state index is 12.8. The molecule has 0 bridgehead atoms. The predicted octanol–water partition coefficient (Wildman–Crippen LogP) is 4.09. The van der Waals surface area contributed by atoms with Crippen molar-refractivity contribution in [2.24, 2.45) is 5.92 Å². The van der Waals surface area contributed by atoms with Crippen LogP contribution in [0.2, 0.25) is 5.02 Å². The number of benzene rings is 1. The average molecular weight is 243 g/mol. The van der Waals surface area contributed by atoms with Crippen LogP contribution < -0.4 is 0 Å². The summed E-state index contributed by atoms with van der Waals surface area (Å²) in [5.74, 6) is 0.234. The smallest absolute Gasteiger partial charge is 0.124 e. The largest absolute Gasteiger partial charge is 0.388 e. The standard InChI is InChI=1S/C13H16ClFO/c14-12-8-10(15)5-6-11(12)13(16)7-9-3-1-2-4-9/h5-6,8-9,13,16H,1-4,7H2. The van der Waals surface area contributed by atoms with Gasteiger partial charge >= 0.3 is 0 Å². The first-order chi connectivity index (χ1) is 7.66. The van der Waals surface area contributed by atoms with Crippen LogP contribution in [0.15, 0.2) is 18.2 Å². The van der Waals surface area contributed by atoms with E-state index in [1.165, 1.54) is 37.8 Å². The lowest BCUT2D eigenvalue weighted by Gasteiger charge is -2.16. The summed E-state index contributed by atoms with van der Waals surface area (Å²) in [7, 11) is 0. The molecule has 1 aliphatic carbocycles. The third kappa shape index (κ3) is 2.74. The van der Waals surface area contributed by atoms with Crippen molar-refractivity contribution in [3.63, 3.8) is 0 Å². The molecule has 88 valence electrons. The molecule has 1 nitrogen and oxygen atoms in total. The highest BCUT2D eigenvalue weighted by Crippen LogP contribution is 2.35. The van der Waals surface area contributed by atoms with Gasteiger partial charge in [-0.05, 0) is 30.0 Å². The van der Waals surface area contributed by atoms with Crippen molar-refractivity contribution in [2.75, 3.05) is 0 Å². The molecule has 1 fully saturated rings. The Kier molecular flexibility index (Phi) is 3.82. The fourth-order valence-corrected chi connectivity index (χ4v) is 2.75. The lowest BCUT2D eigenvalue weighted by Crippen LogP contribution is -2.05. The monoisotopic (exact) mass is 242 g/mol. The van der Waals surface area contributed by atoms with E-state index in [1.54, 1.807) is 6.07 Å². The Morgan fingerprint density at radius 2 is 2.06 bits per heavy atom. The molecule has 0 radical (unpaired) electrons. The van der Waals surface area contributed by atoms with Gasteiger partial charge in [-0.25, -0.2) is 4.39 Å². The zero-order valence-corrected chi connectivity index (χ0v) is 9.88. The Balaban J connectivity index is 2.04. The van der Waals surface area contributed by atoms with Gasteiger partial charge in [-0.15, -0.1) is 0 Å². The van der Waals surface area contributed by atoms with E-state index >= 15 is 0 Å². The molecule has 1 N–H and O–H groups in total. The number of aliphatic hydroxyl groups is 1. The molecule has 1 atom stereocenters. The minimum Gasteiger partial charge on any atom is -0.388 e. The SMILES string of the molecule is OC(CC1CCCC1)c1ccc(F)cc1Cl. The van der Waals surface area contributed by atoms with Gasteiger partial charge in [0.1, 0.15) is 5.82 Å². The zero-order valence-electron chi connectivity index (χ0n) is 9.13. The van der Waals surface area contributed by atoms with Gasteiger partial charge < -0.3 is 5.11 Å². The van der Waals surface area contributed by atoms with E-state index in [0.717, 1.165) is 6.42 Å². The minimum atomic E-state index is -0.559. The molecule has 0 aromatic heterocycles. The first kappa shape index (κ1) is 11.9. The Morgan fingerprint density at radius 3 is 2.69 bits per heavy atom. The molecule has 0 spiro atoms. The predicted molar refractivity (Wildman–Crippen MR) is 62.9 cm³/mol. The van der Waals surface area contributed by atoms with E-state index in [9.17, 15) is 9.50 Å². The summed E-state index contributed by atoms with van der Waals surface area (Å²) in [5.41, 5.74) is 0.648. The molecule has 1 aromatic rings. The average Bonchev–Trinajstić information content (AvgIpc) is 2.70. The molecule has 1 saturated carbocycles. The molecule has 16 heavy (non-hydrogen) atoms. The zero-order chi connectivity index (χ0) is 11.5. The van der Waals surface area contributed by atoms with Crippen LogP contribution in [-0.4, -0.2) is 5.11 Å². The van der Waals surface area contributed by atoms with Crippen molar-refractivity contribution in [3.8, 4) is 0 Å². The second-order valence-electron chi connectivity index (χ2n) is 4.57. The van der Waals surface area contributed by atoms with Gasteiger partial charge in [-0.1, -0.05) is 43.4 Å². The third-order valence-electron chi connectivity index (χ3n) is 3.35. The maximum absolute atomic E-state index is 12.8. The second kappa shape index (κ2) is 5.15. The summed E-state index contributed by atoms with van der Waals surface area (Å²) in [6, 6.07) is 4.19. The minimum absolute atomic E-state index is 0.325. The maximum Gasteiger partial charge on any atom is 0.124 e. The van der Waals surface area contributed by atoms with E-state index < -0.39 is 6.10 Å². The Labute approximate surface area is 100 Å². The molecular weight excluding hydrogens is 227 g/mol. The van der Waals surface area contributed by atoms with Crippen LogP contribution in [0.1, 0.15) is 43.8 Å². The molecule has 0 aliphatic heterocycles. The number of halogens is 2. The van der Waals surface area contributed by atoms with Crippen LogP contribution in [0.3, 0.4) is 0 Å². The summed E-state index contributed by atoms with van der Waals surface area (Å²) in [6.07, 6.45) is 5.08. The Morgan fingerprint density at radius 1 is 1.38 bits per heavy atom. The molecule has 1 aliphatic rings. The Bertz CT molecular complexity index is 361. The van der Waals surface area contributed by atoms with Crippen LogP contribution in [0.5, 0.6) is 0 Å². The fraction of sp³-hybridized carbons (Fsp3) is 0.538. The van der Waals surface area contributed by atoms with Crippen molar-refractivity contribution in [3.05, 3.63) is 34.6 Å². The van der Waals surface area contributed by atoms with Crippen LogP contribution >= 0.6 is 11.6 Å². The highest BCUT2D eigenvalue weighted by atomic mass is 35.5. The lowest BCUT2D eigenvalue weighted by atomic mass is 9.96. The van der Waals surface area contributed by atoms with Crippen LogP contribution in [0.4, 0.5) is 4.39 Å². The molecule has 1 aromatic carbocycles.